The molecule has 1 aromatic heterocycles. The molecule has 1 heterocycles. The Balaban J connectivity index is 1.71. The first-order chi connectivity index (χ1) is 15.6. The SMILES string of the molecule is C[Si](C)(C)CCOc1nccc(C(=O)c2ccc(Cl)c(C(=O)NC(O)C3CCCCC3)c2)n1. The number of amides is 1. The van der Waals surface area contributed by atoms with Gasteiger partial charge in [0.2, 0.25) is 5.78 Å². The molecule has 1 saturated carbocycles. The Bertz CT molecular complexity index is 990. The van der Waals surface area contributed by atoms with E-state index in [4.69, 9.17) is 16.3 Å². The highest BCUT2D eigenvalue weighted by Crippen LogP contribution is 2.26. The second-order valence-electron chi connectivity index (χ2n) is 9.72. The van der Waals surface area contributed by atoms with Crippen LogP contribution in [0.25, 0.3) is 0 Å². The Kier molecular flexibility index (Phi) is 8.61. The van der Waals surface area contributed by atoms with Gasteiger partial charge in [0.25, 0.3) is 5.91 Å². The van der Waals surface area contributed by atoms with Crippen molar-refractivity contribution < 1.29 is 19.4 Å². The number of aliphatic hydroxyl groups excluding tert-OH is 1. The third kappa shape index (κ3) is 7.35. The number of hydrogen-bond donors (Lipinski definition) is 2. The van der Waals surface area contributed by atoms with Gasteiger partial charge in [-0.15, -0.1) is 0 Å². The van der Waals surface area contributed by atoms with Gasteiger partial charge in [-0.1, -0.05) is 50.5 Å². The number of aromatic nitrogens is 2. The summed E-state index contributed by atoms with van der Waals surface area (Å²) < 4.78 is 5.64. The lowest BCUT2D eigenvalue weighted by Gasteiger charge is -2.27. The van der Waals surface area contributed by atoms with E-state index < -0.39 is 20.2 Å². The van der Waals surface area contributed by atoms with Crippen LogP contribution in [0.1, 0.15) is 58.5 Å². The number of ether oxygens (including phenoxy) is 1. The molecule has 3 rings (SSSR count). The van der Waals surface area contributed by atoms with Crippen LogP contribution < -0.4 is 10.1 Å². The number of nitrogens with one attached hydrogen (secondary N) is 1. The van der Waals surface area contributed by atoms with E-state index in [-0.39, 0.29) is 39.6 Å². The number of aliphatic hydroxyl groups is 1. The van der Waals surface area contributed by atoms with Gasteiger partial charge in [0.1, 0.15) is 11.9 Å². The zero-order valence-electron chi connectivity index (χ0n) is 19.4. The molecule has 9 heteroatoms. The van der Waals surface area contributed by atoms with Crippen LogP contribution in [-0.4, -0.2) is 47.7 Å². The second kappa shape index (κ2) is 11.2. The number of benzene rings is 1. The maximum atomic E-state index is 13.0. The number of halogens is 1. The molecule has 2 aromatic rings. The first kappa shape index (κ1) is 25.3. The number of hydrogen-bond acceptors (Lipinski definition) is 6. The lowest BCUT2D eigenvalue weighted by atomic mass is 9.88. The second-order valence-corrected chi connectivity index (χ2v) is 15.8. The van der Waals surface area contributed by atoms with Crippen LogP contribution in [0.5, 0.6) is 6.01 Å². The summed E-state index contributed by atoms with van der Waals surface area (Å²) in [4.78, 5) is 34.1. The topological polar surface area (TPSA) is 101 Å². The fourth-order valence-corrected chi connectivity index (χ4v) is 4.67. The number of carbonyl (C=O) groups excluding carboxylic acids is 2. The van der Waals surface area contributed by atoms with Gasteiger partial charge in [-0.25, -0.2) is 4.98 Å². The van der Waals surface area contributed by atoms with Gasteiger partial charge in [-0.2, -0.15) is 4.98 Å². The highest BCUT2D eigenvalue weighted by molar-refractivity contribution is 6.76. The van der Waals surface area contributed by atoms with E-state index >= 15 is 0 Å². The van der Waals surface area contributed by atoms with Gasteiger partial charge in [0, 0.05) is 25.8 Å². The van der Waals surface area contributed by atoms with Crippen LogP contribution >= 0.6 is 11.6 Å². The van der Waals surface area contributed by atoms with Crippen LogP contribution in [0.3, 0.4) is 0 Å². The molecule has 0 bridgehead atoms. The predicted octanol–water partition coefficient (Wildman–Crippen LogP) is 4.71. The monoisotopic (exact) mass is 489 g/mol. The zero-order chi connectivity index (χ0) is 24.0. The standard InChI is InChI=1S/C24H32ClN3O4Si/c1-33(2,3)14-13-32-24-26-12-11-20(27-24)21(29)17-9-10-19(25)18(15-17)23(31)28-22(30)16-7-5-4-6-8-16/h9-12,15-16,22,30H,4-8,13-14H2,1-3H3,(H,28,31). The summed E-state index contributed by atoms with van der Waals surface area (Å²) in [5.74, 6) is -0.844. The third-order valence-electron chi connectivity index (χ3n) is 5.80. The van der Waals surface area contributed by atoms with Crippen molar-refractivity contribution in [3.05, 3.63) is 52.3 Å². The molecule has 1 amide bonds. The predicted molar refractivity (Wildman–Crippen MR) is 131 cm³/mol. The van der Waals surface area contributed by atoms with E-state index in [1.807, 2.05) is 0 Å². The zero-order valence-corrected chi connectivity index (χ0v) is 21.2. The van der Waals surface area contributed by atoms with Crippen molar-refractivity contribution in [2.45, 2.75) is 64.0 Å². The van der Waals surface area contributed by atoms with Gasteiger partial charge in [0.05, 0.1) is 17.2 Å². The Hall–Kier alpha value is -2.29. The molecule has 1 aliphatic carbocycles. The van der Waals surface area contributed by atoms with E-state index in [0.717, 1.165) is 38.1 Å². The molecule has 0 spiro atoms. The summed E-state index contributed by atoms with van der Waals surface area (Å²) in [6.45, 7) is 7.25. The van der Waals surface area contributed by atoms with Gasteiger partial charge in [-0.3, -0.25) is 9.59 Å². The molecule has 1 unspecified atom stereocenters. The van der Waals surface area contributed by atoms with E-state index in [1.54, 1.807) is 6.07 Å². The van der Waals surface area contributed by atoms with Crippen molar-refractivity contribution in [2.75, 3.05) is 6.61 Å². The molecule has 1 aliphatic rings. The van der Waals surface area contributed by atoms with E-state index in [2.05, 4.69) is 34.9 Å². The minimum Gasteiger partial charge on any atom is -0.464 e. The van der Waals surface area contributed by atoms with Crippen molar-refractivity contribution in [1.29, 1.82) is 0 Å². The number of carbonyl (C=O) groups is 2. The van der Waals surface area contributed by atoms with E-state index in [0.29, 0.717) is 6.61 Å². The lowest BCUT2D eigenvalue weighted by molar-refractivity contribution is 0.0463. The highest BCUT2D eigenvalue weighted by Gasteiger charge is 2.25. The molecular weight excluding hydrogens is 458 g/mol. The Morgan fingerprint density at radius 2 is 1.94 bits per heavy atom. The van der Waals surface area contributed by atoms with Crippen molar-refractivity contribution in [1.82, 2.24) is 15.3 Å². The first-order valence-corrected chi connectivity index (χ1v) is 15.5. The molecule has 178 valence electrons. The largest absolute Gasteiger partial charge is 0.464 e. The normalized spacial score (nSPS) is 15.7. The number of rotatable bonds is 9. The summed E-state index contributed by atoms with van der Waals surface area (Å²) in [6, 6.07) is 7.10. The molecular formula is C24H32ClN3O4Si. The molecule has 0 saturated heterocycles. The summed E-state index contributed by atoms with van der Waals surface area (Å²) >= 11 is 6.23. The number of nitrogens with zero attached hydrogens (tertiary/aromatic N) is 2. The van der Waals surface area contributed by atoms with E-state index in [9.17, 15) is 14.7 Å². The Morgan fingerprint density at radius 3 is 2.64 bits per heavy atom. The molecule has 1 fully saturated rings. The molecule has 0 aliphatic heterocycles. The first-order valence-electron chi connectivity index (χ1n) is 11.4. The fourth-order valence-electron chi connectivity index (χ4n) is 3.75. The highest BCUT2D eigenvalue weighted by atomic mass is 35.5. The summed E-state index contributed by atoms with van der Waals surface area (Å²) in [5, 5.41) is 13.3. The Morgan fingerprint density at radius 1 is 1.21 bits per heavy atom. The van der Waals surface area contributed by atoms with Gasteiger partial charge in [-0.05, 0) is 43.2 Å². The Labute approximate surface area is 200 Å². The van der Waals surface area contributed by atoms with Crippen molar-refractivity contribution in [2.24, 2.45) is 5.92 Å². The van der Waals surface area contributed by atoms with Crippen LogP contribution in [0.4, 0.5) is 0 Å². The molecule has 2 N–H and O–H groups in total. The van der Waals surface area contributed by atoms with Crippen molar-refractivity contribution in [3.63, 3.8) is 0 Å². The molecule has 1 aromatic carbocycles. The van der Waals surface area contributed by atoms with Crippen LogP contribution in [0.15, 0.2) is 30.5 Å². The number of ketones is 1. The van der Waals surface area contributed by atoms with E-state index in [1.165, 1.54) is 24.4 Å². The molecule has 1 atom stereocenters. The average Bonchev–Trinajstić information content (AvgIpc) is 2.78. The average molecular weight is 490 g/mol. The maximum absolute atomic E-state index is 13.0. The van der Waals surface area contributed by atoms with Crippen LogP contribution in [0.2, 0.25) is 30.7 Å². The smallest absolute Gasteiger partial charge is 0.316 e. The molecule has 7 nitrogen and oxygen atoms in total. The van der Waals surface area contributed by atoms with Crippen molar-refractivity contribution >= 4 is 31.4 Å². The minimum atomic E-state index is -1.26. The lowest BCUT2D eigenvalue weighted by Crippen LogP contribution is -2.41. The van der Waals surface area contributed by atoms with Gasteiger partial charge in [0.15, 0.2) is 0 Å². The van der Waals surface area contributed by atoms with Crippen LogP contribution in [0, 0.1) is 5.92 Å². The van der Waals surface area contributed by atoms with Gasteiger partial charge < -0.3 is 15.2 Å². The summed E-state index contributed by atoms with van der Waals surface area (Å²) in [5.41, 5.74) is 0.574. The summed E-state index contributed by atoms with van der Waals surface area (Å²) in [7, 11) is -1.26. The summed E-state index contributed by atoms with van der Waals surface area (Å²) in [6.07, 6.45) is 5.55. The fraction of sp³-hybridized carbons (Fsp3) is 0.500. The van der Waals surface area contributed by atoms with Gasteiger partial charge >= 0.3 is 6.01 Å². The molecule has 33 heavy (non-hydrogen) atoms. The maximum Gasteiger partial charge on any atom is 0.316 e. The minimum absolute atomic E-state index is 0.0340. The third-order valence-corrected chi connectivity index (χ3v) is 7.83. The molecule has 0 radical (unpaired) electrons. The van der Waals surface area contributed by atoms with Crippen molar-refractivity contribution in [3.8, 4) is 6.01 Å². The van der Waals surface area contributed by atoms with Crippen LogP contribution in [-0.2, 0) is 0 Å². The quantitative estimate of drug-likeness (QED) is 0.300.